The Morgan fingerprint density at radius 1 is 1.44 bits per heavy atom. The molecule has 0 bridgehead atoms. The molecule has 2 rings (SSSR count). The lowest BCUT2D eigenvalue weighted by Crippen LogP contribution is -2.44. The van der Waals surface area contributed by atoms with Gasteiger partial charge in [0.05, 0.1) is 0 Å². The molecule has 0 radical (unpaired) electrons. The van der Waals surface area contributed by atoms with E-state index in [1.54, 1.807) is 6.92 Å². The fraction of sp³-hybridized carbons (Fsp3) is 0.917. The van der Waals surface area contributed by atoms with Gasteiger partial charge in [0.15, 0.2) is 0 Å². The van der Waals surface area contributed by atoms with E-state index in [0.29, 0.717) is 5.92 Å². The Bertz CT molecular complexity index is 263. The van der Waals surface area contributed by atoms with Gasteiger partial charge in [0.2, 0.25) is 0 Å². The summed E-state index contributed by atoms with van der Waals surface area (Å²) < 4.78 is 5.33. The normalized spacial score (nSPS) is 36.4. The van der Waals surface area contributed by atoms with E-state index >= 15 is 0 Å². The molecule has 0 spiro atoms. The smallest absolute Gasteiger partial charge is 0.323 e. The first-order chi connectivity index (χ1) is 7.60. The number of carboxylic acids is 1. The Morgan fingerprint density at radius 3 is 2.69 bits per heavy atom. The fourth-order valence-electron chi connectivity index (χ4n) is 2.87. The minimum Gasteiger partial charge on any atom is -0.480 e. The lowest BCUT2D eigenvalue weighted by atomic mass is 9.85. The van der Waals surface area contributed by atoms with E-state index in [4.69, 9.17) is 9.84 Å². The molecule has 4 nitrogen and oxygen atoms in total. The number of hydrogen-bond donors (Lipinski definition) is 2. The summed E-state index contributed by atoms with van der Waals surface area (Å²) in [5, 5.41) is 12.3. The summed E-state index contributed by atoms with van der Waals surface area (Å²) in [6, 6.07) is 0. The summed E-state index contributed by atoms with van der Waals surface area (Å²) in [4.78, 5) is 11.1. The van der Waals surface area contributed by atoms with Gasteiger partial charge in [0.25, 0.3) is 0 Å². The van der Waals surface area contributed by atoms with Crippen molar-refractivity contribution in [1.29, 1.82) is 0 Å². The fourth-order valence-corrected chi connectivity index (χ4v) is 2.87. The number of hydrogen-bond acceptors (Lipinski definition) is 3. The summed E-state index contributed by atoms with van der Waals surface area (Å²) in [5.74, 6) is 0.530. The molecule has 92 valence electrons. The van der Waals surface area contributed by atoms with Gasteiger partial charge in [-0.2, -0.15) is 0 Å². The van der Waals surface area contributed by atoms with Crippen LogP contribution in [0.5, 0.6) is 0 Å². The third-order valence-corrected chi connectivity index (χ3v) is 3.96. The molecule has 0 aliphatic carbocycles. The van der Waals surface area contributed by atoms with Crippen LogP contribution >= 0.6 is 0 Å². The maximum atomic E-state index is 11.1. The summed E-state index contributed by atoms with van der Waals surface area (Å²) >= 11 is 0. The molecule has 0 aromatic carbocycles. The van der Waals surface area contributed by atoms with E-state index in [1.165, 1.54) is 0 Å². The topological polar surface area (TPSA) is 58.6 Å². The van der Waals surface area contributed by atoms with E-state index in [2.05, 4.69) is 5.32 Å². The first-order valence-corrected chi connectivity index (χ1v) is 6.16. The number of carbonyl (C=O) groups is 1. The summed E-state index contributed by atoms with van der Waals surface area (Å²) in [7, 11) is 0. The minimum atomic E-state index is -0.720. The maximum absolute atomic E-state index is 11.1. The zero-order valence-electron chi connectivity index (χ0n) is 9.87. The lowest BCUT2D eigenvalue weighted by molar-refractivity contribution is -0.143. The highest BCUT2D eigenvalue weighted by molar-refractivity contribution is 5.78. The van der Waals surface area contributed by atoms with Crippen LogP contribution in [0.3, 0.4) is 0 Å². The molecule has 2 fully saturated rings. The Labute approximate surface area is 96.4 Å². The average Bonchev–Trinajstić information content (AvgIpc) is 2.63. The van der Waals surface area contributed by atoms with Crippen LogP contribution in [0.1, 0.15) is 32.6 Å². The van der Waals surface area contributed by atoms with Crippen molar-refractivity contribution in [1.82, 2.24) is 5.32 Å². The predicted molar refractivity (Wildman–Crippen MR) is 60.3 cm³/mol. The monoisotopic (exact) mass is 227 g/mol. The van der Waals surface area contributed by atoms with Crippen molar-refractivity contribution < 1.29 is 14.6 Å². The first-order valence-electron chi connectivity index (χ1n) is 6.16. The maximum Gasteiger partial charge on any atom is 0.323 e. The summed E-state index contributed by atoms with van der Waals surface area (Å²) in [5.41, 5.74) is -0.699. The van der Waals surface area contributed by atoms with Gasteiger partial charge in [-0.15, -0.1) is 0 Å². The molecule has 2 N–H and O–H groups in total. The molecule has 4 heteroatoms. The van der Waals surface area contributed by atoms with E-state index in [9.17, 15) is 4.79 Å². The second-order valence-electron chi connectivity index (χ2n) is 5.38. The zero-order chi connectivity index (χ0) is 11.6. The third-order valence-electron chi connectivity index (χ3n) is 3.96. The van der Waals surface area contributed by atoms with Crippen LogP contribution < -0.4 is 5.32 Å². The van der Waals surface area contributed by atoms with Gasteiger partial charge in [-0.25, -0.2) is 0 Å². The van der Waals surface area contributed by atoms with E-state index in [-0.39, 0.29) is 0 Å². The second kappa shape index (κ2) is 4.72. The van der Waals surface area contributed by atoms with Crippen molar-refractivity contribution >= 4 is 5.97 Å². The van der Waals surface area contributed by atoms with Crippen LogP contribution in [0.4, 0.5) is 0 Å². The largest absolute Gasteiger partial charge is 0.480 e. The SMILES string of the molecule is CC1(C(=O)O)CC(CC2CCOCC2)CN1. The molecule has 2 heterocycles. The van der Waals surface area contributed by atoms with Crippen molar-refractivity contribution in [3.63, 3.8) is 0 Å². The van der Waals surface area contributed by atoms with E-state index in [0.717, 1.165) is 51.4 Å². The highest BCUT2D eigenvalue weighted by Crippen LogP contribution is 2.31. The van der Waals surface area contributed by atoms with Crippen LogP contribution in [-0.4, -0.2) is 36.4 Å². The standard InChI is InChI=1S/C12H21NO3/c1-12(11(14)15)7-10(8-13-12)6-9-2-4-16-5-3-9/h9-10,13H,2-8H2,1H3,(H,14,15). The number of nitrogens with one attached hydrogen (secondary N) is 1. The molecule has 16 heavy (non-hydrogen) atoms. The number of rotatable bonds is 3. The van der Waals surface area contributed by atoms with Crippen LogP contribution in [0, 0.1) is 11.8 Å². The molecule has 2 unspecified atom stereocenters. The first kappa shape index (κ1) is 11.9. The summed E-state index contributed by atoms with van der Waals surface area (Å²) in [6.45, 7) is 4.39. The van der Waals surface area contributed by atoms with Crippen molar-refractivity contribution in [3.8, 4) is 0 Å². The lowest BCUT2D eigenvalue weighted by Gasteiger charge is -2.24. The van der Waals surface area contributed by atoms with Crippen molar-refractivity contribution in [2.24, 2.45) is 11.8 Å². The molecule has 2 aliphatic heterocycles. The molecular weight excluding hydrogens is 206 g/mol. The third kappa shape index (κ3) is 2.55. The highest BCUT2D eigenvalue weighted by Gasteiger charge is 2.41. The van der Waals surface area contributed by atoms with Gasteiger partial charge >= 0.3 is 5.97 Å². The van der Waals surface area contributed by atoms with Crippen LogP contribution in [-0.2, 0) is 9.53 Å². The Kier molecular flexibility index (Phi) is 3.50. The predicted octanol–water partition coefficient (Wildman–Crippen LogP) is 1.26. The molecule has 0 aromatic heterocycles. The second-order valence-corrected chi connectivity index (χ2v) is 5.38. The van der Waals surface area contributed by atoms with Gasteiger partial charge in [0.1, 0.15) is 5.54 Å². The Morgan fingerprint density at radius 2 is 2.12 bits per heavy atom. The van der Waals surface area contributed by atoms with Gasteiger partial charge in [0, 0.05) is 13.2 Å². The molecule has 0 saturated carbocycles. The van der Waals surface area contributed by atoms with Gasteiger partial charge in [-0.1, -0.05) is 0 Å². The molecule has 2 atom stereocenters. The quantitative estimate of drug-likeness (QED) is 0.762. The van der Waals surface area contributed by atoms with Gasteiger partial charge < -0.3 is 15.2 Å². The molecular formula is C12H21NO3. The highest BCUT2D eigenvalue weighted by atomic mass is 16.5. The van der Waals surface area contributed by atoms with Crippen LogP contribution in [0.15, 0.2) is 0 Å². The molecule has 2 aliphatic rings. The minimum absolute atomic E-state index is 0.518. The number of ether oxygens (including phenoxy) is 1. The van der Waals surface area contributed by atoms with Crippen molar-refractivity contribution in [3.05, 3.63) is 0 Å². The zero-order valence-corrected chi connectivity index (χ0v) is 9.87. The Hall–Kier alpha value is -0.610. The van der Waals surface area contributed by atoms with Crippen molar-refractivity contribution in [2.75, 3.05) is 19.8 Å². The average molecular weight is 227 g/mol. The summed E-state index contributed by atoms with van der Waals surface area (Å²) in [6.07, 6.45) is 4.19. The van der Waals surface area contributed by atoms with Gasteiger partial charge in [-0.05, 0) is 51.0 Å². The van der Waals surface area contributed by atoms with E-state index in [1.807, 2.05) is 0 Å². The number of aliphatic carboxylic acids is 1. The van der Waals surface area contributed by atoms with Gasteiger partial charge in [-0.3, -0.25) is 4.79 Å². The number of carboxylic acid groups (broad SMARTS) is 1. The molecule has 0 aromatic rings. The Balaban J connectivity index is 1.82. The molecule has 0 amide bonds. The van der Waals surface area contributed by atoms with Crippen LogP contribution in [0.25, 0.3) is 0 Å². The van der Waals surface area contributed by atoms with E-state index < -0.39 is 11.5 Å². The van der Waals surface area contributed by atoms with Crippen LogP contribution in [0.2, 0.25) is 0 Å². The molecule has 2 saturated heterocycles. The van der Waals surface area contributed by atoms with Crippen molar-refractivity contribution in [2.45, 2.75) is 38.1 Å².